The van der Waals surface area contributed by atoms with Gasteiger partial charge in [-0.05, 0) is 25.0 Å². The summed E-state index contributed by atoms with van der Waals surface area (Å²) in [5.74, 6) is 0.240. The highest BCUT2D eigenvalue weighted by Crippen LogP contribution is 2.21. The van der Waals surface area contributed by atoms with Crippen LogP contribution >= 0.6 is 15.9 Å². The molecule has 0 N–H and O–H groups in total. The van der Waals surface area contributed by atoms with Gasteiger partial charge in [-0.25, -0.2) is 4.39 Å². The van der Waals surface area contributed by atoms with Gasteiger partial charge < -0.3 is 9.47 Å². The number of hydrogen-bond acceptors (Lipinski definition) is 2. The fraction of sp³-hybridized carbons (Fsp3) is 0.455. The number of benzene rings is 1. The summed E-state index contributed by atoms with van der Waals surface area (Å²) in [6.45, 7) is 1.30. The van der Waals surface area contributed by atoms with E-state index in [4.69, 9.17) is 9.47 Å². The first-order valence-corrected chi connectivity index (χ1v) is 5.74. The lowest BCUT2D eigenvalue weighted by Crippen LogP contribution is -2.16. The predicted octanol–water partition coefficient (Wildman–Crippen LogP) is 3.15. The lowest BCUT2D eigenvalue weighted by atomic mass is 10.2. The Morgan fingerprint density at radius 3 is 3.00 bits per heavy atom. The average Bonchev–Trinajstić information content (AvgIpc) is 2.65. The van der Waals surface area contributed by atoms with Crippen LogP contribution in [-0.4, -0.2) is 19.3 Å². The summed E-state index contributed by atoms with van der Waals surface area (Å²) >= 11 is 3.22. The van der Waals surface area contributed by atoms with Crippen LogP contribution in [0.5, 0.6) is 5.75 Å². The van der Waals surface area contributed by atoms with Gasteiger partial charge in [0, 0.05) is 17.1 Å². The number of rotatable bonds is 3. The first kappa shape index (κ1) is 10.9. The average molecular weight is 275 g/mol. The Morgan fingerprint density at radius 2 is 2.33 bits per heavy atom. The van der Waals surface area contributed by atoms with Crippen molar-refractivity contribution < 1.29 is 13.9 Å². The third-order valence-corrected chi connectivity index (χ3v) is 2.75. The zero-order valence-corrected chi connectivity index (χ0v) is 9.80. The number of hydrogen-bond donors (Lipinski definition) is 0. The molecule has 1 aliphatic rings. The van der Waals surface area contributed by atoms with Crippen molar-refractivity contribution in [2.45, 2.75) is 18.9 Å². The minimum Gasteiger partial charge on any atom is -0.491 e. The van der Waals surface area contributed by atoms with Gasteiger partial charge in [0.15, 0.2) is 0 Å². The monoisotopic (exact) mass is 274 g/mol. The molecule has 0 aromatic heterocycles. The van der Waals surface area contributed by atoms with Gasteiger partial charge in [0.05, 0.1) is 6.10 Å². The molecule has 0 spiro atoms. The highest BCUT2D eigenvalue weighted by atomic mass is 79.9. The van der Waals surface area contributed by atoms with Crippen LogP contribution in [0.25, 0.3) is 0 Å². The SMILES string of the molecule is Fc1cc(Br)cc(OCC2CCCO2)c1. The maximum absolute atomic E-state index is 13.0. The van der Waals surface area contributed by atoms with Crippen molar-refractivity contribution in [3.63, 3.8) is 0 Å². The van der Waals surface area contributed by atoms with Crippen LogP contribution in [0.15, 0.2) is 22.7 Å². The topological polar surface area (TPSA) is 18.5 Å². The van der Waals surface area contributed by atoms with E-state index in [2.05, 4.69) is 15.9 Å². The zero-order valence-electron chi connectivity index (χ0n) is 8.21. The van der Waals surface area contributed by atoms with E-state index < -0.39 is 0 Å². The van der Waals surface area contributed by atoms with E-state index in [1.54, 1.807) is 6.07 Å². The van der Waals surface area contributed by atoms with Crippen molar-refractivity contribution in [1.82, 2.24) is 0 Å². The normalized spacial score (nSPS) is 20.5. The molecule has 1 saturated heterocycles. The van der Waals surface area contributed by atoms with E-state index in [9.17, 15) is 4.39 Å². The van der Waals surface area contributed by atoms with E-state index in [1.807, 2.05) is 0 Å². The summed E-state index contributed by atoms with van der Waals surface area (Å²) in [7, 11) is 0. The van der Waals surface area contributed by atoms with E-state index in [-0.39, 0.29) is 11.9 Å². The van der Waals surface area contributed by atoms with Crippen molar-refractivity contribution in [1.29, 1.82) is 0 Å². The summed E-state index contributed by atoms with van der Waals surface area (Å²) in [5.41, 5.74) is 0. The first-order valence-electron chi connectivity index (χ1n) is 4.94. The highest BCUT2D eigenvalue weighted by Gasteiger charge is 2.16. The van der Waals surface area contributed by atoms with Crippen LogP contribution in [-0.2, 0) is 4.74 Å². The molecule has 2 nitrogen and oxygen atoms in total. The maximum Gasteiger partial charge on any atom is 0.128 e. The molecular weight excluding hydrogens is 263 g/mol. The van der Waals surface area contributed by atoms with Crippen molar-refractivity contribution in [3.05, 3.63) is 28.5 Å². The Labute approximate surface area is 96.5 Å². The summed E-state index contributed by atoms with van der Waals surface area (Å²) in [4.78, 5) is 0. The molecule has 1 aromatic rings. The molecule has 1 unspecified atom stereocenters. The molecular formula is C11H12BrFO2. The van der Waals surface area contributed by atoms with Gasteiger partial charge >= 0.3 is 0 Å². The van der Waals surface area contributed by atoms with Crippen molar-refractivity contribution in [3.8, 4) is 5.75 Å². The number of ether oxygens (including phenoxy) is 2. The highest BCUT2D eigenvalue weighted by molar-refractivity contribution is 9.10. The van der Waals surface area contributed by atoms with Crippen LogP contribution < -0.4 is 4.74 Å². The van der Waals surface area contributed by atoms with Gasteiger partial charge in [0.2, 0.25) is 0 Å². The van der Waals surface area contributed by atoms with Crippen LogP contribution in [0.4, 0.5) is 4.39 Å². The maximum atomic E-state index is 13.0. The summed E-state index contributed by atoms with van der Waals surface area (Å²) < 4.78 is 24.5. The second-order valence-electron chi connectivity index (χ2n) is 3.55. The van der Waals surface area contributed by atoms with E-state index in [1.165, 1.54) is 12.1 Å². The fourth-order valence-corrected chi connectivity index (χ4v) is 2.02. The van der Waals surface area contributed by atoms with E-state index >= 15 is 0 Å². The number of halogens is 2. The molecule has 2 rings (SSSR count). The second kappa shape index (κ2) is 4.94. The van der Waals surface area contributed by atoms with Gasteiger partial charge in [0.25, 0.3) is 0 Å². The lowest BCUT2D eigenvalue weighted by Gasteiger charge is -2.11. The molecule has 0 bridgehead atoms. The molecule has 1 fully saturated rings. The van der Waals surface area contributed by atoms with Gasteiger partial charge in [-0.1, -0.05) is 15.9 Å². The Hall–Kier alpha value is -0.610. The van der Waals surface area contributed by atoms with Crippen LogP contribution in [0, 0.1) is 5.82 Å². The van der Waals surface area contributed by atoms with Gasteiger partial charge in [0.1, 0.15) is 18.2 Å². The third-order valence-electron chi connectivity index (χ3n) is 2.30. The molecule has 1 heterocycles. The Morgan fingerprint density at radius 1 is 1.47 bits per heavy atom. The largest absolute Gasteiger partial charge is 0.491 e. The van der Waals surface area contributed by atoms with E-state index in [0.29, 0.717) is 16.8 Å². The lowest BCUT2D eigenvalue weighted by molar-refractivity contribution is 0.0678. The molecule has 4 heteroatoms. The van der Waals surface area contributed by atoms with Crippen molar-refractivity contribution in [2.24, 2.45) is 0 Å². The van der Waals surface area contributed by atoms with E-state index in [0.717, 1.165) is 19.4 Å². The zero-order chi connectivity index (χ0) is 10.7. The standard InChI is InChI=1S/C11H12BrFO2/c12-8-4-9(13)6-11(5-8)15-7-10-2-1-3-14-10/h4-6,10H,1-3,7H2. The second-order valence-corrected chi connectivity index (χ2v) is 4.47. The van der Waals surface area contributed by atoms with Crippen LogP contribution in [0.2, 0.25) is 0 Å². The van der Waals surface area contributed by atoms with Crippen LogP contribution in [0.1, 0.15) is 12.8 Å². The first-order chi connectivity index (χ1) is 7.24. The molecule has 15 heavy (non-hydrogen) atoms. The Bertz CT molecular complexity index is 317. The third kappa shape index (κ3) is 3.18. The van der Waals surface area contributed by atoms with Crippen molar-refractivity contribution in [2.75, 3.05) is 13.2 Å². The molecule has 0 saturated carbocycles. The molecule has 1 aliphatic heterocycles. The Kier molecular flexibility index (Phi) is 3.59. The molecule has 0 aliphatic carbocycles. The minimum absolute atomic E-state index is 0.159. The Balaban J connectivity index is 1.92. The molecule has 1 atom stereocenters. The quantitative estimate of drug-likeness (QED) is 0.843. The molecule has 0 amide bonds. The summed E-state index contributed by atoms with van der Waals surface area (Å²) in [6.07, 6.45) is 2.27. The van der Waals surface area contributed by atoms with Gasteiger partial charge in [-0.3, -0.25) is 0 Å². The molecule has 0 radical (unpaired) electrons. The van der Waals surface area contributed by atoms with Gasteiger partial charge in [-0.15, -0.1) is 0 Å². The van der Waals surface area contributed by atoms with Gasteiger partial charge in [-0.2, -0.15) is 0 Å². The van der Waals surface area contributed by atoms with Crippen molar-refractivity contribution >= 4 is 15.9 Å². The summed E-state index contributed by atoms with van der Waals surface area (Å²) in [5, 5.41) is 0. The smallest absolute Gasteiger partial charge is 0.128 e. The molecule has 82 valence electrons. The summed E-state index contributed by atoms with van der Waals surface area (Å²) in [6, 6.07) is 4.52. The minimum atomic E-state index is -0.299. The molecule has 1 aromatic carbocycles. The predicted molar refractivity (Wildman–Crippen MR) is 58.6 cm³/mol. The fourth-order valence-electron chi connectivity index (χ4n) is 1.58. The van der Waals surface area contributed by atoms with Crippen LogP contribution in [0.3, 0.4) is 0 Å².